The van der Waals surface area contributed by atoms with Crippen LogP contribution in [0.1, 0.15) is 22.3 Å². The Morgan fingerprint density at radius 1 is 0.643 bits per heavy atom. The number of benzene rings is 4. The Kier molecular flexibility index (Phi) is 4.60. The second-order valence-electron chi connectivity index (χ2n) is 8.79. The third-order valence-electron chi connectivity index (χ3n) is 6.18. The van der Waals surface area contributed by atoms with Crippen LogP contribution in [0, 0.1) is 13.8 Å². The van der Waals surface area contributed by atoms with Crippen LogP contribution in [0.25, 0.3) is 32.7 Å². The summed E-state index contributed by atoms with van der Waals surface area (Å²) in [6.45, 7) is 6.70. The maximum absolute atomic E-state index is 2.37. The molecule has 4 aromatic rings. The van der Waals surface area contributed by atoms with Gasteiger partial charge in [-0.05, 0) is 57.6 Å². The number of aryl methyl sites for hydroxylation is 2. The minimum absolute atomic E-state index is 0. The van der Waals surface area contributed by atoms with E-state index in [0.29, 0.717) is 0 Å². The lowest BCUT2D eigenvalue weighted by Gasteiger charge is -2.29. The van der Waals surface area contributed by atoms with E-state index in [1.807, 2.05) is 0 Å². The molecule has 0 saturated carbocycles. The molecule has 0 N–H and O–H groups in total. The molecule has 0 aliphatic carbocycles. The Morgan fingerprint density at radius 3 is 1.46 bits per heavy atom. The fourth-order valence-electron chi connectivity index (χ4n) is 4.95. The number of nitrogens with zero attached hydrogens (tertiary/aromatic N) is 1. The van der Waals surface area contributed by atoms with Crippen LogP contribution in [-0.4, -0.2) is 18.6 Å². The fraction of sp³-hybridized carbons (Fsp3) is 0.231. The summed E-state index contributed by atoms with van der Waals surface area (Å²) in [7, 11) is 4.73. The van der Waals surface area contributed by atoms with Crippen molar-refractivity contribution >= 4 is 21.5 Å². The predicted octanol–water partition coefficient (Wildman–Crippen LogP) is 3.37. The summed E-state index contributed by atoms with van der Waals surface area (Å²) in [5, 5.41) is 5.46. The number of halogens is 1. The smallest absolute Gasteiger partial charge is 0.105 e. The molecule has 1 aliphatic rings. The van der Waals surface area contributed by atoms with Crippen LogP contribution < -0.4 is 17.0 Å². The molecule has 0 aromatic heterocycles. The summed E-state index contributed by atoms with van der Waals surface area (Å²) in [5.41, 5.74) is 8.76. The highest BCUT2D eigenvalue weighted by molar-refractivity contribution is 6.08. The maximum Gasteiger partial charge on any atom is 0.105 e. The average molecular weight is 432 g/mol. The molecule has 0 fully saturated rings. The van der Waals surface area contributed by atoms with Crippen molar-refractivity contribution in [2.75, 3.05) is 14.1 Å². The van der Waals surface area contributed by atoms with Crippen LogP contribution in [0.15, 0.2) is 60.7 Å². The van der Waals surface area contributed by atoms with Crippen molar-refractivity contribution in [3.8, 4) is 11.1 Å². The number of quaternary nitrogens is 1. The highest BCUT2D eigenvalue weighted by atomic mass is 79.9. The zero-order chi connectivity index (χ0) is 18.8. The van der Waals surface area contributed by atoms with E-state index < -0.39 is 0 Å². The molecule has 1 nitrogen and oxygen atoms in total. The van der Waals surface area contributed by atoms with Crippen LogP contribution in [-0.2, 0) is 13.1 Å². The van der Waals surface area contributed by atoms with Gasteiger partial charge in [0.2, 0.25) is 0 Å². The van der Waals surface area contributed by atoms with Crippen LogP contribution >= 0.6 is 0 Å². The molecule has 5 rings (SSSR count). The van der Waals surface area contributed by atoms with Gasteiger partial charge in [0.25, 0.3) is 0 Å². The second kappa shape index (κ2) is 6.72. The zero-order valence-electron chi connectivity index (χ0n) is 17.0. The van der Waals surface area contributed by atoms with E-state index in [-0.39, 0.29) is 17.0 Å². The first-order chi connectivity index (χ1) is 12.9. The van der Waals surface area contributed by atoms with E-state index in [1.54, 1.807) is 0 Å². The highest BCUT2D eigenvalue weighted by Gasteiger charge is 2.30. The number of hydrogen-bond acceptors (Lipinski definition) is 0. The van der Waals surface area contributed by atoms with E-state index in [4.69, 9.17) is 0 Å². The quantitative estimate of drug-likeness (QED) is 0.374. The highest BCUT2D eigenvalue weighted by Crippen LogP contribution is 2.45. The summed E-state index contributed by atoms with van der Waals surface area (Å²) in [6, 6.07) is 22.5. The van der Waals surface area contributed by atoms with Gasteiger partial charge < -0.3 is 21.5 Å². The first-order valence-electron chi connectivity index (χ1n) is 9.79. The van der Waals surface area contributed by atoms with Gasteiger partial charge in [-0.2, -0.15) is 0 Å². The molecule has 0 bridgehead atoms. The number of fused-ring (bicyclic) bond motifs is 7. The van der Waals surface area contributed by atoms with Gasteiger partial charge >= 0.3 is 0 Å². The molecule has 142 valence electrons. The molecular weight excluding hydrogens is 406 g/mol. The number of hydrogen-bond donors (Lipinski definition) is 0. The van der Waals surface area contributed by atoms with Gasteiger partial charge in [0.05, 0.1) is 14.1 Å². The van der Waals surface area contributed by atoms with Gasteiger partial charge in [0, 0.05) is 11.1 Å². The molecular formula is C26H26BrN. The normalized spacial score (nSPS) is 14.9. The average Bonchev–Trinajstić information content (AvgIpc) is 2.76. The summed E-state index contributed by atoms with van der Waals surface area (Å²) >= 11 is 0. The van der Waals surface area contributed by atoms with E-state index in [2.05, 4.69) is 88.6 Å². The van der Waals surface area contributed by atoms with Crippen molar-refractivity contribution < 1.29 is 21.5 Å². The lowest BCUT2D eigenvalue weighted by Crippen LogP contribution is -3.00. The van der Waals surface area contributed by atoms with Crippen molar-refractivity contribution in [3.05, 3.63) is 82.9 Å². The lowest BCUT2D eigenvalue weighted by atomic mass is 9.85. The second-order valence-corrected chi connectivity index (χ2v) is 8.79. The topological polar surface area (TPSA) is 0 Å². The van der Waals surface area contributed by atoms with E-state index in [9.17, 15) is 0 Å². The van der Waals surface area contributed by atoms with Gasteiger partial charge in [0.15, 0.2) is 0 Å². The van der Waals surface area contributed by atoms with Crippen molar-refractivity contribution in [3.63, 3.8) is 0 Å². The minimum Gasteiger partial charge on any atom is -1.00 e. The zero-order valence-corrected chi connectivity index (χ0v) is 18.6. The molecule has 0 atom stereocenters. The predicted molar refractivity (Wildman–Crippen MR) is 116 cm³/mol. The molecule has 0 unspecified atom stereocenters. The number of rotatable bonds is 0. The SMILES string of the molecule is Cc1cc2ccccc2c2c1C[N+](C)(C)Cc1c(C)cc3ccccc3c1-2.[Br-]. The van der Waals surface area contributed by atoms with Crippen LogP contribution in [0.4, 0.5) is 0 Å². The van der Waals surface area contributed by atoms with Gasteiger partial charge in [-0.15, -0.1) is 0 Å². The van der Waals surface area contributed by atoms with E-state index >= 15 is 0 Å². The summed E-state index contributed by atoms with van der Waals surface area (Å²) < 4.78 is 0.984. The minimum atomic E-state index is 0. The Bertz CT molecular complexity index is 1120. The first kappa shape index (κ1) is 19.2. The standard InChI is InChI=1S/C26H26N.BrH/c1-17-13-19-9-5-7-11-21(19)25-23(17)15-27(3,4)16-24-18(2)14-20-10-6-8-12-22(20)26(24)25;/h5-14H,15-16H2,1-4H3;1H/q+1;/p-1. The summed E-state index contributed by atoms with van der Waals surface area (Å²) in [5.74, 6) is 0. The summed E-state index contributed by atoms with van der Waals surface area (Å²) in [6.07, 6.45) is 0. The lowest BCUT2D eigenvalue weighted by molar-refractivity contribution is -0.916. The molecule has 28 heavy (non-hydrogen) atoms. The van der Waals surface area contributed by atoms with Gasteiger partial charge in [-0.1, -0.05) is 60.7 Å². The van der Waals surface area contributed by atoms with Crippen molar-refractivity contribution in [2.24, 2.45) is 0 Å². The van der Waals surface area contributed by atoms with Crippen molar-refractivity contribution in [1.82, 2.24) is 0 Å². The van der Waals surface area contributed by atoms with Crippen LogP contribution in [0.5, 0.6) is 0 Å². The van der Waals surface area contributed by atoms with Crippen molar-refractivity contribution in [1.29, 1.82) is 0 Å². The Balaban J connectivity index is 0.00000192. The van der Waals surface area contributed by atoms with Gasteiger partial charge in [0.1, 0.15) is 13.1 Å². The molecule has 1 heterocycles. The summed E-state index contributed by atoms with van der Waals surface area (Å²) in [4.78, 5) is 0. The van der Waals surface area contributed by atoms with Gasteiger partial charge in [-0.25, -0.2) is 0 Å². The Hall–Kier alpha value is -2.16. The molecule has 0 radical (unpaired) electrons. The molecule has 4 aromatic carbocycles. The molecule has 0 spiro atoms. The molecule has 1 aliphatic heterocycles. The van der Waals surface area contributed by atoms with Gasteiger partial charge in [-0.3, -0.25) is 0 Å². The van der Waals surface area contributed by atoms with E-state index in [0.717, 1.165) is 17.6 Å². The maximum atomic E-state index is 2.37. The monoisotopic (exact) mass is 431 g/mol. The third-order valence-corrected chi connectivity index (χ3v) is 6.18. The Morgan fingerprint density at radius 2 is 1.04 bits per heavy atom. The molecule has 0 amide bonds. The van der Waals surface area contributed by atoms with Crippen molar-refractivity contribution in [2.45, 2.75) is 26.9 Å². The molecule has 2 heteroatoms. The van der Waals surface area contributed by atoms with Crippen LogP contribution in [0.3, 0.4) is 0 Å². The first-order valence-corrected chi connectivity index (χ1v) is 9.79. The largest absolute Gasteiger partial charge is 1.00 e. The van der Waals surface area contributed by atoms with E-state index in [1.165, 1.54) is 54.9 Å². The third kappa shape index (κ3) is 2.87. The molecule has 0 saturated heterocycles. The Labute approximate surface area is 178 Å². The van der Waals surface area contributed by atoms with Crippen LogP contribution in [0.2, 0.25) is 0 Å². The fourth-order valence-corrected chi connectivity index (χ4v) is 4.95.